The van der Waals surface area contributed by atoms with E-state index in [9.17, 15) is 4.79 Å². The standard InChI is InChI=1S/C18H18Cl2N2O3S/c1-2-24-7-8-25-16-6-4-3-5-15(16)17(23)22-18(26)21-14-10-12(19)9-13(20)11-14/h3-6,9-11H,2,7-8H2,1H3,(H2,21,22,23,26). The van der Waals surface area contributed by atoms with Crippen LogP contribution in [0.25, 0.3) is 0 Å². The van der Waals surface area contributed by atoms with Gasteiger partial charge in [-0.2, -0.15) is 0 Å². The monoisotopic (exact) mass is 412 g/mol. The summed E-state index contributed by atoms with van der Waals surface area (Å²) in [6.07, 6.45) is 0. The van der Waals surface area contributed by atoms with E-state index in [1.807, 2.05) is 6.92 Å². The number of nitrogens with one attached hydrogen (secondary N) is 2. The van der Waals surface area contributed by atoms with Gasteiger partial charge in [-0.25, -0.2) is 0 Å². The molecule has 26 heavy (non-hydrogen) atoms. The summed E-state index contributed by atoms with van der Waals surface area (Å²) < 4.78 is 10.8. The summed E-state index contributed by atoms with van der Waals surface area (Å²) in [6.45, 7) is 3.31. The molecule has 0 unspecified atom stereocenters. The van der Waals surface area contributed by atoms with Gasteiger partial charge in [0.2, 0.25) is 0 Å². The number of amides is 1. The van der Waals surface area contributed by atoms with Gasteiger partial charge in [0, 0.05) is 22.3 Å². The lowest BCUT2D eigenvalue weighted by molar-refractivity contribution is 0.0958. The van der Waals surface area contributed by atoms with Gasteiger partial charge < -0.3 is 14.8 Å². The Kier molecular flexibility index (Phi) is 8.12. The highest BCUT2D eigenvalue weighted by Crippen LogP contribution is 2.22. The second-order valence-electron chi connectivity index (χ2n) is 5.11. The highest BCUT2D eigenvalue weighted by atomic mass is 35.5. The molecule has 0 heterocycles. The first-order valence-electron chi connectivity index (χ1n) is 7.87. The predicted octanol–water partition coefficient (Wildman–Crippen LogP) is 4.54. The maximum Gasteiger partial charge on any atom is 0.261 e. The van der Waals surface area contributed by atoms with E-state index in [-0.39, 0.29) is 11.0 Å². The minimum atomic E-state index is -0.386. The van der Waals surface area contributed by atoms with Gasteiger partial charge >= 0.3 is 0 Å². The first kappa shape index (κ1) is 20.5. The molecule has 138 valence electrons. The molecule has 2 aromatic carbocycles. The van der Waals surface area contributed by atoms with E-state index in [0.717, 1.165) is 0 Å². The van der Waals surface area contributed by atoms with E-state index in [2.05, 4.69) is 10.6 Å². The van der Waals surface area contributed by atoms with Crippen LogP contribution in [0, 0.1) is 0 Å². The lowest BCUT2D eigenvalue weighted by atomic mass is 10.2. The van der Waals surface area contributed by atoms with Crippen LogP contribution >= 0.6 is 35.4 Å². The summed E-state index contributed by atoms with van der Waals surface area (Å²) in [5.41, 5.74) is 0.950. The van der Waals surface area contributed by atoms with Crippen molar-refractivity contribution in [2.75, 3.05) is 25.1 Å². The molecule has 0 radical (unpaired) electrons. The van der Waals surface area contributed by atoms with Gasteiger partial charge in [-0.3, -0.25) is 10.1 Å². The molecule has 1 amide bonds. The highest BCUT2D eigenvalue weighted by Gasteiger charge is 2.14. The van der Waals surface area contributed by atoms with Gasteiger partial charge in [0.05, 0.1) is 12.2 Å². The fourth-order valence-electron chi connectivity index (χ4n) is 2.09. The Labute approximate surface area is 167 Å². The lowest BCUT2D eigenvalue weighted by Crippen LogP contribution is -2.34. The Morgan fingerprint density at radius 2 is 1.81 bits per heavy atom. The van der Waals surface area contributed by atoms with Crippen LogP contribution < -0.4 is 15.4 Å². The molecule has 0 aliphatic carbocycles. The van der Waals surface area contributed by atoms with Crippen molar-refractivity contribution in [1.82, 2.24) is 5.32 Å². The minimum absolute atomic E-state index is 0.123. The summed E-state index contributed by atoms with van der Waals surface area (Å²) in [4.78, 5) is 12.5. The molecule has 2 rings (SSSR count). The van der Waals surface area contributed by atoms with Gasteiger partial charge in [-0.05, 0) is 49.5 Å². The van der Waals surface area contributed by atoms with Crippen molar-refractivity contribution >= 4 is 52.1 Å². The number of thiocarbonyl (C=S) groups is 1. The van der Waals surface area contributed by atoms with Crippen LogP contribution in [0.5, 0.6) is 5.75 Å². The molecule has 0 aromatic heterocycles. The summed E-state index contributed by atoms with van der Waals surface area (Å²) in [5.74, 6) is 0.0703. The lowest BCUT2D eigenvalue weighted by Gasteiger charge is -2.13. The van der Waals surface area contributed by atoms with E-state index < -0.39 is 0 Å². The second-order valence-corrected chi connectivity index (χ2v) is 6.39. The molecule has 0 aliphatic heterocycles. The average molecular weight is 413 g/mol. The molecule has 0 saturated carbocycles. The van der Waals surface area contributed by atoms with Crippen molar-refractivity contribution in [3.05, 3.63) is 58.1 Å². The van der Waals surface area contributed by atoms with Gasteiger partial charge in [0.1, 0.15) is 12.4 Å². The highest BCUT2D eigenvalue weighted by molar-refractivity contribution is 7.80. The third-order valence-corrected chi connectivity index (χ3v) is 3.81. The molecule has 8 heteroatoms. The van der Waals surface area contributed by atoms with Crippen LogP contribution in [0.1, 0.15) is 17.3 Å². The summed E-state index contributed by atoms with van der Waals surface area (Å²) >= 11 is 17.1. The molecular weight excluding hydrogens is 395 g/mol. The second kappa shape index (κ2) is 10.3. The summed E-state index contributed by atoms with van der Waals surface area (Å²) in [7, 11) is 0. The zero-order valence-corrected chi connectivity index (χ0v) is 16.4. The van der Waals surface area contributed by atoms with Crippen LogP contribution in [-0.4, -0.2) is 30.8 Å². The van der Waals surface area contributed by atoms with Gasteiger partial charge in [0.15, 0.2) is 5.11 Å². The molecule has 0 atom stereocenters. The fraction of sp³-hybridized carbons (Fsp3) is 0.222. The fourth-order valence-corrected chi connectivity index (χ4v) is 2.83. The number of carbonyl (C=O) groups is 1. The Bertz CT molecular complexity index is 767. The number of rotatable bonds is 7. The number of halogens is 2. The summed E-state index contributed by atoms with van der Waals surface area (Å²) in [5, 5.41) is 6.53. The van der Waals surface area contributed by atoms with E-state index in [1.165, 1.54) is 0 Å². The zero-order chi connectivity index (χ0) is 18.9. The first-order chi connectivity index (χ1) is 12.5. The SMILES string of the molecule is CCOCCOc1ccccc1C(=O)NC(=S)Nc1cc(Cl)cc(Cl)c1. The maximum absolute atomic E-state index is 12.5. The van der Waals surface area contributed by atoms with Crippen molar-refractivity contribution < 1.29 is 14.3 Å². The predicted molar refractivity (Wildman–Crippen MR) is 109 cm³/mol. The molecule has 0 bridgehead atoms. The largest absolute Gasteiger partial charge is 0.490 e. The van der Waals surface area contributed by atoms with E-state index in [1.54, 1.807) is 42.5 Å². The van der Waals surface area contributed by atoms with Crippen molar-refractivity contribution in [1.29, 1.82) is 0 Å². The third kappa shape index (κ3) is 6.46. The quantitative estimate of drug-likeness (QED) is 0.516. The summed E-state index contributed by atoms with van der Waals surface area (Å²) in [6, 6.07) is 11.8. The Morgan fingerprint density at radius 1 is 1.12 bits per heavy atom. The molecule has 0 aliphatic rings. The van der Waals surface area contributed by atoms with Gasteiger partial charge in [0.25, 0.3) is 5.91 Å². The van der Waals surface area contributed by atoms with Crippen LogP contribution in [0.4, 0.5) is 5.69 Å². The topological polar surface area (TPSA) is 59.6 Å². The molecule has 2 N–H and O–H groups in total. The molecule has 2 aromatic rings. The molecular formula is C18H18Cl2N2O3S. The minimum Gasteiger partial charge on any atom is -0.490 e. The van der Waals surface area contributed by atoms with Crippen molar-refractivity contribution in [2.45, 2.75) is 6.92 Å². The number of hydrogen-bond donors (Lipinski definition) is 2. The van der Waals surface area contributed by atoms with E-state index in [4.69, 9.17) is 44.9 Å². The molecule has 0 spiro atoms. The van der Waals surface area contributed by atoms with E-state index >= 15 is 0 Å². The molecule has 0 fully saturated rings. The Balaban J connectivity index is 1.99. The number of ether oxygens (including phenoxy) is 2. The smallest absolute Gasteiger partial charge is 0.261 e. The van der Waals surface area contributed by atoms with E-state index in [0.29, 0.717) is 46.9 Å². The number of para-hydroxylation sites is 1. The van der Waals surface area contributed by atoms with Gasteiger partial charge in [-0.1, -0.05) is 35.3 Å². The normalized spacial score (nSPS) is 10.3. The maximum atomic E-state index is 12.5. The van der Waals surface area contributed by atoms with Crippen molar-refractivity contribution in [2.24, 2.45) is 0 Å². The average Bonchev–Trinajstić information content (AvgIpc) is 2.58. The first-order valence-corrected chi connectivity index (χ1v) is 9.04. The third-order valence-electron chi connectivity index (χ3n) is 3.17. The number of carbonyl (C=O) groups excluding carboxylic acids is 1. The van der Waals surface area contributed by atoms with Crippen LogP contribution in [0.2, 0.25) is 10.0 Å². The van der Waals surface area contributed by atoms with Crippen molar-refractivity contribution in [3.63, 3.8) is 0 Å². The number of hydrogen-bond acceptors (Lipinski definition) is 4. The Morgan fingerprint density at radius 3 is 2.50 bits per heavy atom. The number of benzene rings is 2. The number of anilines is 1. The van der Waals surface area contributed by atoms with Crippen LogP contribution in [0.3, 0.4) is 0 Å². The molecule has 0 saturated heterocycles. The van der Waals surface area contributed by atoms with Crippen molar-refractivity contribution in [3.8, 4) is 5.75 Å². The zero-order valence-electron chi connectivity index (χ0n) is 14.1. The van der Waals surface area contributed by atoms with Gasteiger partial charge in [-0.15, -0.1) is 0 Å². The van der Waals surface area contributed by atoms with Crippen LogP contribution in [0.15, 0.2) is 42.5 Å². The molecule has 5 nitrogen and oxygen atoms in total. The Hall–Kier alpha value is -1.86. The van der Waals surface area contributed by atoms with Crippen LogP contribution in [-0.2, 0) is 4.74 Å².